The molecular formula is C19H18BrF2N2O5PS. The lowest BCUT2D eigenvalue weighted by Crippen LogP contribution is -2.25. The Balaban J connectivity index is 1.79. The fourth-order valence-corrected chi connectivity index (χ4v) is 4.79. The van der Waals surface area contributed by atoms with Crippen molar-refractivity contribution in [1.29, 1.82) is 0 Å². The van der Waals surface area contributed by atoms with E-state index in [2.05, 4.69) is 15.9 Å². The molecule has 0 bridgehead atoms. The summed E-state index contributed by atoms with van der Waals surface area (Å²) < 4.78 is 53.2. The predicted molar refractivity (Wildman–Crippen MR) is 116 cm³/mol. The average Bonchev–Trinajstić information content (AvgIpc) is 3.01. The average molecular weight is 535 g/mol. The molecule has 0 aliphatic heterocycles. The van der Waals surface area contributed by atoms with Gasteiger partial charge in [-0.25, -0.2) is 4.79 Å². The van der Waals surface area contributed by atoms with Crippen LogP contribution in [0.15, 0.2) is 69.0 Å². The fraction of sp³-hybridized carbons (Fsp3) is 0.211. The van der Waals surface area contributed by atoms with Gasteiger partial charge in [-0.15, -0.1) is 0 Å². The molecule has 1 atom stereocenters. The summed E-state index contributed by atoms with van der Waals surface area (Å²) in [5.74, 6) is 0. The molecule has 0 radical (unpaired) electrons. The first-order valence-corrected chi connectivity index (χ1v) is 12.8. The summed E-state index contributed by atoms with van der Waals surface area (Å²) in [7, 11) is -6.77. The molecule has 0 saturated carbocycles. The van der Waals surface area contributed by atoms with Crippen molar-refractivity contribution in [1.82, 2.24) is 9.13 Å². The van der Waals surface area contributed by atoms with Crippen LogP contribution >= 0.6 is 23.5 Å². The van der Waals surface area contributed by atoms with Crippen molar-refractivity contribution in [2.75, 3.05) is 6.26 Å². The van der Waals surface area contributed by atoms with Crippen LogP contribution in [0.1, 0.15) is 16.7 Å². The molecule has 0 aliphatic carbocycles. The first-order valence-electron chi connectivity index (χ1n) is 8.80. The van der Waals surface area contributed by atoms with Crippen molar-refractivity contribution in [3.8, 4) is 0 Å². The van der Waals surface area contributed by atoms with Crippen LogP contribution in [-0.2, 0) is 34.1 Å². The van der Waals surface area contributed by atoms with Gasteiger partial charge in [0.2, 0.25) is 0 Å². The van der Waals surface area contributed by atoms with Gasteiger partial charge in [0.25, 0.3) is 0 Å². The van der Waals surface area contributed by atoms with Gasteiger partial charge in [-0.1, -0.05) is 40.2 Å². The highest BCUT2D eigenvalue weighted by molar-refractivity contribution is 9.10. The minimum atomic E-state index is -5.68. The highest BCUT2D eigenvalue weighted by atomic mass is 79.9. The molecule has 12 heteroatoms. The number of aromatic nitrogens is 2. The minimum Gasteiger partial charge on any atom is -0.320 e. The third kappa shape index (κ3) is 5.12. The van der Waals surface area contributed by atoms with E-state index in [9.17, 15) is 22.3 Å². The van der Waals surface area contributed by atoms with Gasteiger partial charge in [0.15, 0.2) is 0 Å². The first-order chi connectivity index (χ1) is 14.4. The van der Waals surface area contributed by atoms with Gasteiger partial charge < -0.3 is 9.79 Å². The summed E-state index contributed by atoms with van der Waals surface area (Å²) in [6.07, 6.45) is 4.74. The summed E-state index contributed by atoms with van der Waals surface area (Å²) in [6.45, 7) is 0.388. The van der Waals surface area contributed by atoms with Crippen molar-refractivity contribution >= 4 is 34.3 Å². The highest BCUT2D eigenvalue weighted by Crippen LogP contribution is 2.60. The normalized spacial score (nSPS) is 13.4. The maximum atomic E-state index is 14.0. The van der Waals surface area contributed by atoms with E-state index in [1.165, 1.54) is 21.3 Å². The Hall–Kier alpha value is -1.91. The maximum absolute atomic E-state index is 14.0. The molecule has 1 unspecified atom stereocenters. The molecule has 2 N–H and O–H groups in total. The summed E-state index contributed by atoms with van der Waals surface area (Å²) in [5.41, 5.74) is -4.13. The monoisotopic (exact) mass is 534 g/mol. The van der Waals surface area contributed by atoms with Gasteiger partial charge in [0, 0.05) is 44.4 Å². The predicted octanol–water partition coefficient (Wildman–Crippen LogP) is 3.47. The molecule has 1 aromatic heterocycles. The van der Waals surface area contributed by atoms with Crippen molar-refractivity contribution in [2.24, 2.45) is 0 Å². The minimum absolute atomic E-state index is 0.0833. The molecule has 3 rings (SSSR count). The number of hydrogen-bond acceptors (Lipinski definition) is 3. The Kier molecular flexibility index (Phi) is 6.83. The van der Waals surface area contributed by atoms with Crippen LogP contribution < -0.4 is 5.69 Å². The van der Waals surface area contributed by atoms with Gasteiger partial charge >= 0.3 is 18.9 Å². The molecule has 3 aromatic rings. The van der Waals surface area contributed by atoms with Gasteiger partial charge in [0.1, 0.15) is 0 Å². The molecule has 0 amide bonds. The van der Waals surface area contributed by atoms with E-state index in [0.29, 0.717) is 17.0 Å². The lowest BCUT2D eigenvalue weighted by Gasteiger charge is -2.19. The zero-order chi connectivity index (χ0) is 23.0. The van der Waals surface area contributed by atoms with Gasteiger partial charge in [-0.3, -0.25) is 17.9 Å². The smallest absolute Gasteiger partial charge is 0.320 e. The van der Waals surface area contributed by atoms with Crippen LogP contribution in [0.4, 0.5) is 8.78 Å². The van der Waals surface area contributed by atoms with E-state index in [-0.39, 0.29) is 16.7 Å². The Bertz CT molecular complexity index is 1240. The van der Waals surface area contributed by atoms with Crippen molar-refractivity contribution in [3.63, 3.8) is 0 Å². The highest BCUT2D eigenvalue weighted by Gasteiger charge is 2.51. The number of nitrogens with zero attached hydrogens (tertiary/aromatic N) is 2. The van der Waals surface area contributed by atoms with Gasteiger partial charge in [0.05, 0.1) is 13.1 Å². The largest absolute Gasteiger partial charge is 0.399 e. The summed E-state index contributed by atoms with van der Waals surface area (Å²) >= 11 is 2.94. The maximum Gasteiger partial charge on any atom is 0.399 e. The Morgan fingerprint density at radius 1 is 1.03 bits per heavy atom. The number of benzene rings is 2. The molecule has 1 heterocycles. The molecule has 0 saturated heterocycles. The van der Waals surface area contributed by atoms with Gasteiger partial charge in [-0.2, -0.15) is 8.78 Å². The summed E-state index contributed by atoms with van der Waals surface area (Å²) in [6, 6.07) is 10.6. The SMILES string of the molecule is CS(=O)c1ccc(Cn2ccn(Cc3ccc(C(F)(F)P(=O)(O)O)c(Br)c3)c2=O)cc1. The third-order valence-electron chi connectivity index (χ3n) is 4.60. The third-order valence-corrected chi connectivity index (χ3v) is 7.17. The molecule has 166 valence electrons. The molecule has 0 spiro atoms. The van der Waals surface area contributed by atoms with Crippen LogP contribution in [0.25, 0.3) is 0 Å². The lowest BCUT2D eigenvalue weighted by atomic mass is 10.1. The lowest BCUT2D eigenvalue weighted by molar-refractivity contribution is 0.0557. The van der Waals surface area contributed by atoms with Crippen LogP contribution in [0, 0.1) is 0 Å². The van der Waals surface area contributed by atoms with E-state index >= 15 is 0 Å². The second-order valence-corrected chi connectivity index (χ2v) is 10.7. The molecular weight excluding hydrogens is 517 g/mol. The quantitative estimate of drug-likeness (QED) is 0.452. The van der Waals surface area contributed by atoms with E-state index in [4.69, 9.17) is 9.79 Å². The second kappa shape index (κ2) is 8.91. The number of halogens is 3. The summed E-state index contributed by atoms with van der Waals surface area (Å²) in [4.78, 5) is 31.1. The van der Waals surface area contributed by atoms with E-state index in [1.807, 2.05) is 0 Å². The van der Waals surface area contributed by atoms with Crippen LogP contribution in [0.2, 0.25) is 0 Å². The number of hydrogen-bond donors (Lipinski definition) is 2. The number of rotatable bonds is 7. The van der Waals surface area contributed by atoms with E-state index in [1.54, 1.807) is 42.9 Å². The molecule has 0 aliphatic rings. The standard InChI is InChI=1S/C19H18BrF2N2O5PS/c1-31(29)15-5-2-13(3-6-15)11-23-8-9-24(18(23)25)12-14-4-7-16(17(20)10-14)19(21,22)30(26,27)28/h2-10H,11-12H2,1H3,(H2,26,27,28). The van der Waals surface area contributed by atoms with Crippen LogP contribution in [0.5, 0.6) is 0 Å². The second-order valence-electron chi connectivity index (χ2n) is 6.83. The molecule has 7 nitrogen and oxygen atoms in total. The van der Waals surface area contributed by atoms with E-state index in [0.717, 1.165) is 11.6 Å². The topological polar surface area (TPSA) is 102 Å². The molecule has 31 heavy (non-hydrogen) atoms. The zero-order valence-corrected chi connectivity index (χ0v) is 19.4. The van der Waals surface area contributed by atoms with Crippen molar-refractivity contribution in [3.05, 3.63) is 86.5 Å². The number of imidazole rings is 1. The van der Waals surface area contributed by atoms with Crippen LogP contribution in [-0.4, -0.2) is 29.4 Å². The molecule has 0 fully saturated rings. The van der Waals surface area contributed by atoms with Crippen LogP contribution in [0.3, 0.4) is 0 Å². The Labute approximate surface area is 187 Å². The van der Waals surface area contributed by atoms with Gasteiger partial charge in [-0.05, 0) is 29.3 Å². The summed E-state index contributed by atoms with van der Waals surface area (Å²) in [5, 5.41) is 0. The van der Waals surface area contributed by atoms with E-state index < -0.39 is 29.6 Å². The Morgan fingerprint density at radius 2 is 1.55 bits per heavy atom. The first kappa shape index (κ1) is 23.7. The van der Waals surface area contributed by atoms with Crippen molar-refractivity contribution < 1.29 is 27.3 Å². The fourth-order valence-electron chi connectivity index (χ4n) is 2.93. The van der Waals surface area contributed by atoms with Crippen molar-refractivity contribution in [2.45, 2.75) is 23.6 Å². The number of alkyl halides is 2. The molecule has 2 aromatic carbocycles. The zero-order valence-electron chi connectivity index (χ0n) is 16.1. The Morgan fingerprint density at radius 3 is 2.03 bits per heavy atom.